The lowest BCUT2D eigenvalue weighted by Gasteiger charge is -2.17. The molecular formula is C28H54O4. The molecule has 0 spiro atoms. The Morgan fingerprint density at radius 2 is 1.00 bits per heavy atom. The number of ether oxygens (including phenoxy) is 2. The van der Waals surface area contributed by atoms with Crippen molar-refractivity contribution in [1.82, 2.24) is 0 Å². The number of carbonyl (C=O) groups excluding carboxylic acids is 2. The Hall–Kier alpha value is -1.06. The van der Waals surface area contributed by atoms with Crippen LogP contribution in [0.1, 0.15) is 137 Å². The van der Waals surface area contributed by atoms with Crippen LogP contribution in [0.2, 0.25) is 0 Å². The zero-order valence-electron chi connectivity index (χ0n) is 22.1. The van der Waals surface area contributed by atoms with Crippen molar-refractivity contribution in [1.29, 1.82) is 0 Å². The number of rotatable bonds is 22. The van der Waals surface area contributed by atoms with Crippen LogP contribution in [0.5, 0.6) is 0 Å². The molecule has 0 rings (SSSR count). The molecule has 0 aromatic carbocycles. The average molecular weight is 455 g/mol. The molecule has 0 aromatic rings. The quantitative estimate of drug-likeness (QED) is 0.122. The first-order chi connectivity index (χ1) is 15.4. The van der Waals surface area contributed by atoms with E-state index in [1.54, 1.807) is 0 Å². The van der Waals surface area contributed by atoms with Crippen LogP contribution in [0.25, 0.3) is 0 Å². The van der Waals surface area contributed by atoms with Crippen LogP contribution in [0.3, 0.4) is 0 Å². The third-order valence-corrected chi connectivity index (χ3v) is 5.79. The second-order valence-electron chi connectivity index (χ2n) is 10.4. The van der Waals surface area contributed by atoms with Crippen LogP contribution in [-0.2, 0) is 19.1 Å². The largest absolute Gasteiger partial charge is 0.465 e. The minimum atomic E-state index is -0.370. The van der Waals surface area contributed by atoms with Gasteiger partial charge in [-0.05, 0) is 18.3 Å². The van der Waals surface area contributed by atoms with Crippen LogP contribution in [0.4, 0.5) is 0 Å². The Morgan fingerprint density at radius 1 is 0.594 bits per heavy atom. The molecule has 0 saturated heterocycles. The van der Waals surface area contributed by atoms with Gasteiger partial charge in [0.1, 0.15) is 0 Å². The van der Waals surface area contributed by atoms with E-state index in [-0.39, 0.29) is 24.3 Å². The fourth-order valence-electron chi connectivity index (χ4n) is 3.77. The van der Waals surface area contributed by atoms with Gasteiger partial charge in [0.25, 0.3) is 0 Å². The standard InChI is InChI=1S/C28H54O4/c1-6-7-8-9-10-11-12-13-14-15-16-17-18-19-20-26(28(30)32-23-25(4)5)21-27(29)31-22-24(2)3/h24-26H,6-23H2,1-5H3. The van der Waals surface area contributed by atoms with Crippen molar-refractivity contribution in [2.45, 2.75) is 137 Å². The lowest BCUT2D eigenvalue weighted by Crippen LogP contribution is -2.24. The van der Waals surface area contributed by atoms with Gasteiger partial charge < -0.3 is 9.47 Å². The van der Waals surface area contributed by atoms with Crippen LogP contribution in [0, 0.1) is 17.8 Å². The van der Waals surface area contributed by atoms with Crippen molar-refractivity contribution >= 4 is 11.9 Å². The van der Waals surface area contributed by atoms with E-state index in [1.165, 1.54) is 77.0 Å². The van der Waals surface area contributed by atoms with Crippen LogP contribution < -0.4 is 0 Å². The fraction of sp³-hybridized carbons (Fsp3) is 0.929. The summed E-state index contributed by atoms with van der Waals surface area (Å²) >= 11 is 0. The average Bonchev–Trinajstić information content (AvgIpc) is 2.75. The molecule has 1 unspecified atom stereocenters. The van der Waals surface area contributed by atoms with Crippen molar-refractivity contribution in [2.24, 2.45) is 17.8 Å². The fourth-order valence-corrected chi connectivity index (χ4v) is 3.77. The van der Waals surface area contributed by atoms with Crippen LogP contribution in [0.15, 0.2) is 0 Å². The molecule has 0 bridgehead atoms. The van der Waals surface area contributed by atoms with E-state index >= 15 is 0 Å². The zero-order valence-corrected chi connectivity index (χ0v) is 22.1. The minimum absolute atomic E-state index is 0.141. The molecule has 0 N–H and O–H groups in total. The normalized spacial score (nSPS) is 12.3. The molecular weight excluding hydrogens is 400 g/mol. The molecule has 0 amide bonds. The van der Waals surface area contributed by atoms with Crippen LogP contribution >= 0.6 is 0 Å². The number of esters is 2. The van der Waals surface area contributed by atoms with Gasteiger partial charge in [0.2, 0.25) is 0 Å². The molecule has 0 aliphatic carbocycles. The topological polar surface area (TPSA) is 52.6 Å². The van der Waals surface area contributed by atoms with Crippen LogP contribution in [-0.4, -0.2) is 25.2 Å². The summed E-state index contributed by atoms with van der Waals surface area (Å²) in [7, 11) is 0. The molecule has 0 radical (unpaired) electrons. The SMILES string of the molecule is CCCCCCCCCCCCCCCCC(CC(=O)OCC(C)C)C(=O)OCC(C)C. The maximum atomic E-state index is 12.5. The first kappa shape index (κ1) is 30.9. The van der Waals surface area contributed by atoms with Gasteiger partial charge in [0.15, 0.2) is 0 Å². The van der Waals surface area contributed by atoms with E-state index in [0.717, 1.165) is 12.8 Å². The van der Waals surface area contributed by atoms with Crippen molar-refractivity contribution in [2.75, 3.05) is 13.2 Å². The van der Waals surface area contributed by atoms with E-state index in [9.17, 15) is 9.59 Å². The first-order valence-corrected chi connectivity index (χ1v) is 13.7. The lowest BCUT2D eigenvalue weighted by atomic mass is 9.97. The predicted molar refractivity (Wildman–Crippen MR) is 135 cm³/mol. The van der Waals surface area contributed by atoms with E-state index in [4.69, 9.17) is 9.47 Å². The molecule has 0 fully saturated rings. The van der Waals surface area contributed by atoms with Gasteiger partial charge in [-0.3, -0.25) is 9.59 Å². The Balaban J connectivity index is 3.92. The number of carbonyl (C=O) groups is 2. The highest BCUT2D eigenvalue weighted by Crippen LogP contribution is 2.19. The third kappa shape index (κ3) is 20.8. The monoisotopic (exact) mass is 454 g/mol. The summed E-state index contributed by atoms with van der Waals surface area (Å²) < 4.78 is 10.7. The summed E-state index contributed by atoms with van der Waals surface area (Å²) in [5.41, 5.74) is 0. The van der Waals surface area contributed by atoms with E-state index in [1.807, 2.05) is 27.7 Å². The Bertz CT molecular complexity index is 445. The van der Waals surface area contributed by atoms with Crippen molar-refractivity contribution < 1.29 is 19.1 Å². The molecule has 0 saturated carbocycles. The summed E-state index contributed by atoms with van der Waals surface area (Å²) in [5.74, 6) is -0.291. The molecule has 0 aliphatic heterocycles. The van der Waals surface area contributed by atoms with Gasteiger partial charge in [0.05, 0.1) is 25.6 Å². The molecule has 0 aromatic heterocycles. The number of hydrogen-bond acceptors (Lipinski definition) is 4. The van der Waals surface area contributed by atoms with E-state index < -0.39 is 0 Å². The van der Waals surface area contributed by atoms with Crippen molar-refractivity contribution in [3.05, 3.63) is 0 Å². The molecule has 1 atom stereocenters. The summed E-state index contributed by atoms with van der Waals surface area (Å²) in [4.78, 5) is 24.6. The second kappa shape index (κ2) is 21.8. The Kier molecular flexibility index (Phi) is 21.0. The highest BCUT2D eigenvalue weighted by atomic mass is 16.5. The van der Waals surface area contributed by atoms with E-state index in [2.05, 4.69) is 6.92 Å². The maximum absolute atomic E-state index is 12.5. The van der Waals surface area contributed by atoms with E-state index in [0.29, 0.717) is 31.5 Å². The molecule has 32 heavy (non-hydrogen) atoms. The smallest absolute Gasteiger partial charge is 0.309 e. The van der Waals surface area contributed by atoms with Gasteiger partial charge in [-0.25, -0.2) is 0 Å². The summed E-state index contributed by atoms with van der Waals surface area (Å²) in [6.07, 6.45) is 19.2. The molecule has 4 heteroatoms. The van der Waals surface area contributed by atoms with Gasteiger partial charge in [0, 0.05) is 0 Å². The number of unbranched alkanes of at least 4 members (excludes halogenated alkanes) is 13. The minimum Gasteiger partial charge on any atom is -0.465 e. The summed E-state index contributed by atoms with van der Waals surface area (Å²) in [5, 5.41) is 0. The second-order valence-corrected chi connectivity index (χ2v) is 10.4. The molecule has 4 nitrogen and oxygen atoms in total. The Morgan fingerprint density at radius 3 is 1.44 bits per heavy atom. The summed E-state index contributed by atoms with van der Waals surface area (Å²) in [6.45, 7) is 11.2. The predicted octanol–water partition coefficient (Wildman–Crippen LogP) is 8.26. The first-order valence-electron chi connectivity index (χ1n) is 13.7. The maximum Gasteiger partial charge on any atom is 0.309 e. The highest BCUT2D eigenvalue weighted by molar-refractivity contribution is 5.79. The molecule has 0 aliphatic rings. The Labute approximate surface area is 199 Å². The van der Waals surface area contributed by atoms with Gasteiger partial charge in [-0.1, -0.05) is 125 Å². The molecule has 0 heterocycles. The summed E-state index contributed by atoms with van der Waals surface area (Å²) in [6, 6.07) is 0. The van der Waals surface area contributed by atoms with Gasteiger partial charge >= 0.3 is 11.9 Å². The zero-order chi connectivity index (χ0) is 24.0. The number of hydrogen-bond donors (Lipinski definition) is 0. The van der Waals surface area contributed by atoms with Gasteiger partial charge in [-0.15, -0.1) is 0 Å². The highest BCUT2D eigenvalue weighted by Gasteiger charge is 2.24. The van der Waals surface area contributed by atoms with Gasteiger partial charge in [-0.2, -0.15) is 0 Å². The third-order valence-electron chi connectivity index (χ3n) is 5.79. The van der Waals surface area contributed by atoms with Crippen molar-refractivity contribution in [3.8, 4) is 0 Å². The lowest BCUT2D eigenvalue weighted by molar-refractivity contribution is -0.156. The van der Waals surface area contributed by atoms with Crippen molar-refractivity contribution in [3.63, 3.8) is 0 Å². The molecule has 190 valence electrons.